The van der Waals surface area contributed by atoms with Gasteiger partial charge in [0.05, 0.1) is 17.1 Å². The Morgan fingerprint density at radius 2 is 2.24 bits per heavy atom. The molecule has 104 valence electrons. The van der Waals surface area contributed by atoms with Crippen LogP contribution < -0.4 is 5.32 Å². The number of aromatic nitrogens is 5. The van der Waals surface area contributed by atoms with E-state index in [9.17, 15) is 4.39 Å². The highest BCUT2D eigenvalue weighted by Crippen LogP contribution is 2.29. The highest BCUT2D eigenvalue weighted by molar-refractivity contribution is 5.90. The second-order valence-corrected chi connectivity index (χ2v) is 4.63. The number of H-pyrrole nitrogens is 1. The van der Waals surface area contributed by atoms with Crippen LogP contribution in [0.5, 0.6) is 0 Å². The molecule has 4 heterocycles. The molecule has 0 aliphatic carbocycles. The van der Waals surface area contributed by atoms with Crippen LogP contribution in [0.2, 0.25) is 0 Å². The third-order valence-corrected chi connectivity index (χ3v) is 3.42. The summed E-state index contributed by atoms with van der Waals surface area (Å²) in [6.07, 6.45) is 3.42. The Balaban J connectivity index is 2.00. The Hall–Kier alpha value is -2.96. The van der Waals surface area contributed by atoms with Crippen LogP contribution in [0, 0.1) is 5.82 Å². The number of halogens is 1. The van der Waals surface area contributed by atoms with Crippen LogP contribution >= 0.6 is 0 Å². The molecule has 0 spiro atoms. The molecule has 4 aromatic heterocycles. The average Bonchev–Trinajstić information content (AvgIpc) is 3.09. The molecule has 2 N–H and O–H groups in total. The molecule has 0 bridgehead atoms. The van der Waals surface area contributed by atoms with Crippen molar-refractivity contribution >= 4 is 22.4 Å². The minimum atomic E-state index is -0.404. The van der Waals surface area contributed by atoms with Gasteiger partial charge in [0.1, 0.15) is 5.69 Å². The molecule has 4 rings (SSSR count). The van der Waals surface area contributed by atoms with Crippen LogP contribution in [0.1, 0.15) is 0 Å². The van der Waals surface area contributed by atoms with E-state index in [1.165, 1.54) is 6.07 Å². The zero-order chi connectivity index (χ0) is 14.4. The maximum atomic E-state index is 14.4. The zero-order valence-corrected chi connectivity index (χ0v) is 11.1. The van der Waals surface area contributed by atoms with E-state index < -0.39 is 5.82 Å². The molecule has 0 aromatic carbocycles. The van der Waals surface area contributed by atoms with Crippen molar-refractivity contribution in [1.29, 1.82) is 0 Å². The summed E-state index contributed by atoms with van der Waals surface area (Å²) in [5.74, 6) is 0.168. The number of hydrogen-bond donors (Lipinski definition) is 2. The summed E-state index contributed by atoms with van der Waals surface area (Å²) >= 11 is 0. The predicted molar refractivity (Wildman–Crippen MR) is 77.6 cm³/mol. The summed E-state index contributed by atoms with van der Waals surface area (Å²) in [7, 11) is 1.73. The topological polar surface area (TPSA) is 70.9 Å². The first-order valence-electron chi connectivity index (χ1n) is 6.43. The van der Waals surface area contributed by atoms with Crippen molar-refractivity contribution in [2.75, 3.05) is 12.4 Å². The van der Waals surface area contributed by atoms with Gasteiger partial charge >= 0.3 is 0 Å². The summed E-state index contributed by atoms with van der Waals surface area (Å²) < 4.78 is 16.1. The number of hydrogen-bond acceptors (Lipinski definition) is 4. The number of nitrogens with one attached hydrogen (secondary N) is 2. The highest BCUT2D eigenvalue weighted by Gasteiger charge is 2.16. The molecular formula is C14H11FN6. The molecule has 0 fully saturated rings. The molecule has 0 radical (unpaired) electrons. The van der Waals surface area contributed by atoms with Gasteiger partial charge < -0.3 is 5.32 Å². The fourth-order valence-corrected chi connectivity index (χ4v) is 2.42. The Bertz CT molecular complexity index is 955. The first-order valence-corrected chi connectivity index (χ1v) is 6.43. The fraction of sp³-hybridized carbons (Fsp3) is 0.0714. The van der Waals surface area contributed by atoms with Gasteiger partial charge in [0.25, 0.3) is 0 Å². The molecule has 0 amide bonds. The zero-order valence-electron chi connectivity index (χ0n) is 11.1. The lowest BCUT2D eigenvalue weighted by molar-refractivity contribution is 0.628. The Labute approximate surface area is 118 Å². The highest BCUT2D eigenvalue weighted by atomic mass is 19.1. The first kappa shape index (κ1) is 11.8. The largest absolute Gasteiger partial charge is 0.371 e. The predicted octanol–water partition coefficient (Wildman–Crippen LogP) is 2.45. The number of rotatable bonds is 2. The maximum absolute atomic E-state index is 14.4. The SMILES string of the molecule is CNc1n[nH]c2nc(-c3cnn4ccccc34)c(F)cc12. The van der Waals surface area contributed by atoms with Crippen molar-refractivity contribution in [3.63, 3.8) is 0 Å². The third-order valence-electron chi connectivity index (χ3n) is 3.42. The van der Waals surface area contributed by atoms with E-state index in [0.717, 1.165) is 5.52 Å². The Morgan fingerprint density at radius 3 is 3.10 bits per heavy atom. The molecule has 7 heteroatoms. The molecule has 4 aromatic rings. The van der Waals surface area contributed by atoms with Gasteiger partial charge in [-0.25, -0.2) is 13.9 Å². The minimum absolute atomic E-state index is 0.259. The number of fused-ring (bicyclic) bond motifs is 2. The molecule has 0 saturated heterocycles. The van der Waals surface area contributed by atoms with E-state index >= 15 is 0 Å². The summed E-state index contributed by atoms with van der Waals surface area (Å²) in [5, 5.41) is 14.6. The second-order valence-electron chi connectivity index (χ2n) is 4.63. The monoisotopic (exact) mass is 282 g/mol. The van der Waals surface area contributed by atoms with E-state index in [4.69, 9.17) is 0 Å². The second kappa shape index (κ2) is 4.27. The summed E-state index contributed by atoms with van der Waals surface area (Å²) in [4.78, 5) is 4.35. The fourth-order valence-electron chi connectivity index (χ4n) is 2.42. The standard InChI is InChI=1S/C14H11FN6/c1-16-13-8-6-10(15)12(18-14(8)20-19-13)9-7-17-21-5-3-2-4-11(9)21/h2-7H,1H3,(H2,16,18,19,20). The van der Waals surface area contributed by atoms with Gasteiger partial charge in [-0.2, -0.15) is 10.2 Å². The lowest BCUT2D eigenvalue weighted by Gasteiger charge is -2.02. The van der Waals surface area contributed by atoms with Crippen LogP contribution in [0.3, 0.4) is 0 Å². The average molecular weight is 282 g/mol. The Kier molecular flexibility index (Phi) is 2.41. The van der Waals surface area contributed by atoms with Gasteiger partial charge in [0.15, 0.2) is 17.3 Å². The van der Waals surface area contributed by atoms with Crippen molar-refractivity contribution in [2.45, 2.75) is 0 Å². The lowest BCUT2D eigenvalue weighted by atomic mass is 10.1. The van der Waals surface area contributed by atoms with Crippen LogP contribution in [0.15, 0.2) is 36.7 Å². The van der Waals surface area contributed by atoms with Gasteiger partial charge in [0.2, 0.25) is 0 Å². The van der Waals surface area contributed by atoms with E-state index in [-0.39, 0.29) is 5.69 Å². The number of nitrogens with zero attached hydrogens (tertiary/aromatic N) is 4. The quantitative estimate of drug-likeness (QED) is 0.592. The smallest absolute Gasteiger partial charge is 0.158 e. The molecule has 21 heavy (non-hydrogen) atoms. The molecule has 0 saturated carbocycles. The van der Waals surface area contributed by atoms with Gasteiger partial charge in [-0.15, -0.1) is 0 Å². The van der Waals surface area contributed by atoms with E-state index in [1.807, 2.05) is 24.4 Å². The summed E-state index contributed by atoms with van der Waals surface area (Å²) in [5.41, 5.74) is 2.24. The van der Waals surface area contributed by atoms with Crippen LogP contribution in [-0.2, 0) is 0 Å². The number of aromatic amines is 1. The van der Waals surface area contributed by atoms with Crippen LogP contribution in [-0.4, -0.2) is 31.8 Å². The molecular weight excluding hydrogens is 271 g/mol. The van der Waals surface area contributed by atoms with Crippen molar-refractivity contribution in [1.82, 2.24) is 24.8 Å². The first-order chi connectivity index (χ1) is 10.3. The lowest BCUT2D eigenvalue weighted by Crippen LogP contribution is -1.92. The number of pyridine rings is 2. The molecule has 0 aliphatic rings. The van der Waals surface area contributed by atoms with E-state index in [2.05, 4.69) is 25.6 Å². The Morgan fingerprint density at radius 1 is 1.33 bits per heavy atom. The summed E-state index contributed by atoms with van der Waals surface area (Å²) in [6.45, 7) is 0. The third kappa shape index (κ3) is 1.67. The van der Waals surface area contributed by atoms with Gasteiger partial charge in [-0.1, -0.05) is 6.07 Å². The minimum Gasteiger partial charge on any atom is -0.371 e. The molecule has 0 aliphatic heterocycles. The normalized spacial score (nSPS) is 11.3. The van der Waals surface area contributed by atoms with E-state index in [1.54, 1.807) is 17.8 Å². The number of anilines is 1. The van der Waals surface area contributed by atoms with E-state index in [0.29, 0.717) is 22.4 Å². The molecule has 0 unspecified atom stereocenters. The van der Waals surface area contributed by atoms with Gasteiger partial charge in [-0.05, 0) is 18.2 Å². The maximum Gasteiger partial charge on any atom is 0.158 e. The van der Waals surface area contributed by atoms with Crippen molar-refractivity contribution in [3.8, 4) is 11.3 Å². The van der Waals surface area contributed by atoms with Crippen molar-refractivity contribution < 1.29 is 4.39 Å². The molecule has 0 atom stereocenters. The van der Waals surface area contributed by atoms with Gasteiger partial charge in [0, 0.05) is 18.8 Å². The van der Waals surface area contributed by atoms with Crippen LogP contribution in [0.4, 0.5) is 10.2 Å². The van der Waals surface area contributed by atoms with Gasteiger partial charge in [-0.3, -0.25) is 5.10 Å². The summed E-state index contributed by atoms with van der Waals surface area (Å²) in [6, 6.07) is 7.05. The van der Waals surface area contributed by atoms with Crippen molar-refractivity contribution in [2.24, 2.45) is 0 Å². The van der Waals surface area contributed by atoms with Crippen LogP contribution in [0.25, 0.3) is 27.8 Å². The molecule has 6 nitrogen and oxygen atoms in total. The van der Waals surface area contributed by atoms with Crippen molar-refractivity contribution in [3.05, 3.63) is 42.5 Å².